The minimum Gasteiger partial charge on any atom is -0.497 e. The number of rotatable bonds is 7. The van der Waals surface area contributed by atoms with Crippen LogP contribution in [-0.2, 0) is 6.61 Å². The van der Waals surface area contributed by atoms with Gasteiger partial charge in [-0.05, 0) is 66.2 Å². The van der Waals surface area contributed by atoms with Crippen molar-refractivity contribution in [2.24, 2.45) is 0 Å². The van der Waals surface area contributed by atoms with Gasteiger partial charge >= 0.3 is 0 Å². The van der Waals surface area contributed by atoms with E-state index in [0.717, 1.165) is 22.7 Å². The van der Waals surface area contributed by atoms with Crippen LogP contribution in [0.25, 0.3) is 0 Å². The first kappa shape index (κ1) is 20.2. The van der Waals surface area contributed by atoms with Crippen LogP contribution in [0.5, 0.6) is 11.5 Å². The summed E-state index contributed by atoms with van der Waals surface area (Å²) in [6.45, 7) is 0.493. The molecule has 0 unspecified atom stereocenters. The summed E-state index contributed by atoms with van der Waals surface area (Å²) in [5.41, 5.74) is 3.24. The Balaban J connectivity index is 1.58. The summed E-state index contributed by atoms with van der Waals surface area (Å²) in [5.74, 6) is 1.34. The fraction of sp³-hybridized carbons (Fsp3) is 0.0741. The van der Waals surface area contributed by atoms with Gasteiger partial charge < -0.3 is 9.47 Å². The summed E-state index contributed by atoms with van der Waals surface area (Å²) in [7, 11) is 1.61. The highest BCUT2D eigenvalue weighted by Gasteiger charge is 2.20. The predicted molar refractivity (Wildman–Crippen MR) is 123 cm³/mol. The van der Waals surface area contributed by atoms with Gasteiger partial charge in [0.25, 0.3) is 5.91 Å². The molecule has 4 nitrogen and oxygen atoms in total. The number of nitrogens with zero attached hydrogens (tertiary/aromatic N) is 1. The van der Waals surface area contributed by atoms with E-state index in [1.54, 1.807) is 36.3 Å². The zero-order chi connectivity index (χ0) is 21.5. The molecule has 0 fully saturated rings. The number of carbonyl (C=O) groups is 1. The number of amides is 1. The summed E-state index contributed by atoms with van der Waals surface area (Å²) in [5, 5.41) is 0. The molecule has 4 heteroatoms. The maximum absolute atomic E-state index is 13.4. The van der Waals surface area contributed by atoms with Crippen LogP contribution < -0.4 is 14.4 Å². The highest BCUT2D eigenvalue weighted by Crippen LogP contribution is 2.29. The molecule has 0 atom stereocenters. The van der Waals surface area contributed by atoms with E-state index in [-0.39, 0.29) is 5.91 Å². The standard InChI is InChI=1S/C27H23NO3/c1-30-25-16-12-22(13-17-25)27(29)28(23-10-6-3-7-11-23)24-14-18-26(19-15-24)31-20-21-8-4-2-5-9-21/h2-19H,20H2,1H3. The fourth-order valence-electron chi connectivity index (χ4n) is 3.26. The predicted octanol–water partition coefficient (Wildman–Crippen LogP) is 6.25. The number of para-hydroxylation sites is 1. The fourth-order valence-corrected chi connectivity index (χ4v) is 3.26. The van der Waals surface area contributed by atoms with E-state index in [1.807, 2.05) is 84.9 Å². The molecule has 0 aliphatic rings. The van der Waals surface area contributed by atoms with Crippen molar-refractivity contribution in [3.05, 3.63) is 120 Å². The molecule has 0 saturated heterocycles. The molecular formula is C27H23NO3. The maximum atomic E-state index is 13.4. The number of ether oxygens (including phenoxy) is 2. The van der Waals surface area contributed by atoms with Gasteiger partial charge in [-0.1, -0.05) is 48.5 Å². The Morgan fingerprint density at radius 2 is 1.23 bits per heavy atom. The van der Waals surface area contributed by atoms with Gasteiger partial charge in [0.1, 0.15) is 18.1 Å². The van der Waals surface area contributed by atoms with Gasteiger partial charge in [-0.15, -0.1) is 0 Å². The molecule has 1 amide bonds. The zero-order valence-corrected chi connectivity index (χ0v) is 17.3. The highest BCUT2D eigenvalue weighted by atomic mass is 16.5. The van der Waals surface area contributed by atoms with Gasteiger partial charge in [0.2, 0.25) is 0 Å². The monoisotopic (exact) mass is 409 g/mol. The molecule has 0 bridgehead atoms. The molecule has 0 aromatic heterocycles. The Bertz CT molecular complexity index is 1110. The number of hydrogen-bond acceptors (Lipinski definition) is 3. The first-order chi connectivity index (χ1) is 15.2. The van der Waals surface area contributed by atoms with Gasteiger partial charge in [0.05, 0.1) is 7.11 Å². The van der Waals surface area contributed by atoms with E-state index in [1.165, 1.54) is 0 Å². The van der Waals surface area contributed by atoms with Crippen molar-refractivity contribution in [1.29, 1.82) is 0 Å². The van der Waals surface area contributed by atoms with E-state index in [2.05, 4.69) is 0 Å². The quantitative estimate of drug-likeness (QED) is 0.362. The molecule has 0 aliphatic carbocycles. The molecule has 0 heterocycles. The minimum atomic E-state index is -0.119. The van der Waals surface area contributed by atoms with Crippen molar-refractivity contribution in [3.8, 4) is 11.5 Å². The summed E-state index contributed by atoms with van der Waals surface area (Å²) < 4.78 is 11.1. The van der Waals surface area contributed by atoms with Crippen molar-refractivity contribution in [2.45, 2.75) is 6.61 Å². The van der Waals surface area contributed by atoms with E-state index in [4.69, 9.17) is 9.47 Å². The number of anilines is 2. The Hall–Kier alpha value is -4.05. The summed E-state index contributed by atoms with van der Waals surface area (Å²) in [4.78, 5) is 15.1. The third-order valence-corrected chi connectivity index (χ3v) is 4.90. The molecule has 31 heavy (non-hydrogen) atoms. The SMILES string of the molecule is COc1ccc(C(=O)N(c2ccccc2)c2ccc(OCc3ccccc3)cc2)cc1. The Kier molecular flexibility index (Phi) is 6.29. The lowest BCUT2D eigenvalue weighted by Crippen LogP contribution is -2.25. The molecule has 0 spiro atoms. The van der Waals surface area contributed by atoms with Crippen molar-refractivity contribution in [2.75, 3.05) is 12.0 Å². The van der Waals surface area contributed by atoms with Gasteiger partial charge in [-0.25, -0.2) is 0 Å². The van der Waals surface area contributed by atoms with Crippen molar-refractivity contribution >= 4 is 17.3 Å². The van der Waals surface area contributed by atoms with E-state index >= 15 is 0 Å². The zero-order valence-electron chi connectivity index (χ0n) is 17.3. The lowest BCUT2D eigenvalue weighted by atomic mass is 10.1. The van der Waals surface area contributed by atoms with Crippen LogP contribution in [0.3, 0.4) is 0 Å². The van der Waals surface area contributed by atoms with Crippen LogP contribution in [0, 0.1) is 0 Å². The first-order valence-electron chi connectivity index (χ1n) is 10.0. The number of benzene rings is 4. The van der Waals surface area contributed by atoms with Crippen LogP contribution in [0.1, 0.15) is 15.9 Å². The second-order valence-corrected chi connectivity index (χ2v) is 6.97. The smallest absolute Gasteiger partial charge is 0.262 e. The van der Waals surface area contributed by atoms with Crippen molar-refractivity contribution in [3.63, 3.8) is 0 Å². The summed E-state index contributed by atoms with van der Waals surface area (Å²) in [6, 6.07) is 34.3. The van der Waals surface area contributed by atoms with Gasteiger partial charge in [0.15, 0.2) is 0 Å². The average molecular weight is 409 g/mol. The van der Waals surface area contributed by atoms with E-state index in [9.17, 15) is 4.79 Å². The van der Waals surface area contributed by atoms with Crippen molar-refractivity contribution < 1.29 is 14.3 Å². The number of methoxy groups -OCH3 is 1. The Morgan fingerprint density at radius 3 is 1.84 bits per heavy atom. The molecular weight excluding hydrogens is 386 g/mol. The molecule has 4 aromatic carbocycles. The molecule has 4 aromatic rings. The second kappa shape index (κ2) is 9.63. The van der Waals surface area contributed by atoms with Crippen LogP contribution >= 0.6 is 0 Å². The molecule has 4 rings (SSSR count). The van der Waals surface area contributed by atoms with Crippen LogP contribution in [0.2, 0.25) is 0 Å². The number of hydrogen-bond donors (Lipinski definition) is 0. The number of carbonyl (C=O) groups excluding carboxylic acids is 1. The van der Waals surface area contributed by atoms with Gasteiger partial charge in [0, 0.05) is 16.9 Å². The lowest BCUT2D eigenvalue weighted by molar-refractivity contribution is 0.0999. The van der Waals surface area contributed by atoms with Crippen molar-refractivity contribution in [1.82, 2.24) is 0 Å². The second-order valence-electron chi connectivity index (χ2n) is 6.97. The normalized spacial score (nSPS) is 10.4. The van der Waals surface area contributed by atoms with Crippen LogP contribution in [0.15, 0.2) is 109 Å². The summed E-state index contributed by atoms with van der Waals surface area (Å²) in [6.07, 6.45) is 0. The lowest BCUT2D eigenvalue weighted by Gasteiger charge is -2.23. The minimum absolute atomic E-state index is 0.119. The first-order valence-corrected chi connectivity index (χ1v) is 10.0. The third kappa shape index (κ3) is 4.93. The molecule has 154 valence electrons. The maximum Gasteiger partial charge on any atom is 0.262 e. The van der Waals surface area contributed by atoms with E-state index < -0.39 is 0 Å². The highest BCUT2D eigenvalue weighted by molar-refractivity contribution is 6.10. The van der Waals surface area contributed by atoms with Crippen LogP contribution in [0.4, 0.5) is 11.4 Å². The molecule has 0 N–H and O–H groups in total. The van der Waals surface area contributed by atoms with Gasteiger partial charge in [-0.3, -0.25) is 9.69 Å². The van der Waals surface area contributed by atoms with E-state index in [0.29, 0.717) is 17.9 Å². The Morgan fingerprint density at radius 1 is 0.677 bits per heavy atom. The summed E-state index contributed by atoms with van der Waals surface area (Å²) >= 11 is 0. The van der Waals surface area contributed by atoms with Crippen LogP contribution in [-0.4, -0.2) is 13.0 Å². The molecule has 0 aliphatic heterocycles. The average Bonchev–Trinajstić information content (AvgIpc) is 2.85. The largest absolute Gasteiger partial charge is 0.497 e. The Labute approximate surface area is 182 Å². The topological polar surface area (TPSA) is 38.8 Å². The third-order valence-electron chi connectivity index (χ3n) is 4.90. The molecule has 0 radical (unpaired) electrons. The molecule has 0 saturated carbocycles. The van der Waals surface area contributed by atoms with Gasteiger partial charge in [-0.2, -0.15) is 0 Å².